The van der Waals surface area contributed by atoms with E-state index in [1.54, 1.807) is 18.2 Å². The fourth-order valence-corrected chi connectivity index (χ4v) is 2.69. The highest BCUT2D eigenvalue weighted by molar-refractivity contribution is 7.99. The zero-order valence-electron chi connectivity index (χ0n) is 11.0. The van der Waals surface area contributed by atoms with Gasteiger partial charge in [0.05, 0.1) is 12.2 Å². The lowest BCUT2D eigenvalue weighted by Gasteiger charge is -2.10. The Labute approximate surface area is 125 Å². The summed E-state index contributed by atoms with van der Waals surface area (Å²) in [5, 5.41) is 3.17. The highest BCUT2D eigenvalue weighted by Gasteiger charge is 2.09. The first-order valence-corrected chi connectivity index (χ1v) is 7.30. The number of pyridine rings is 1. The molecule has 3 rings (SSSR count). The van der Waals surface area contributed by atoms with Crippen molar-refractivity contribution in [2.75, 3.05) is 5.32 Å². The molecule has 2 aromatic heterocycles. The van der Waals surface area contributed by atoms with Gasteiger partial charge in [0.15, 0.2) is 0 Å². The van der Waals surface area contributed by atoms with Crippen LogP contribution in [0.3, 0.4) is 0 Å². The Morgan fingerprint density at radius 1 is 1.14 bits per heavy atom. The van der Waals surface area contributed by atoms with Gasteiger partial charge in [-0.15, -0.1) is 0 Å². The highest BCUT2D eigenvalue weighted by Crippen LogP contribution is 2.31. The van der Waals surface area contributed by atoms with E-state index in [4.69, 9.17) is 0 Å². The molecule has 0 bridgehead atoms. The van der Waals surface area contributed by atoms with Crippen LogP contribution < -0.4 is 5.32 Å². The first-order valence-electron chi connectivity index (χ1n) is 6.43. The monoisotopic (exact) mass is 305 g/mol. The minimum Gasteiger partial charge on any atom is -0.378 e. The van der Waals surface area contributed by atoms with E-state index in [0.717, 1.165) is 11.3 Å². The van der Waals surface area contributed by atoms with Crippen molar-refractivity contribution >= 4 is 23.1 Å². The fraction of sp³-hybridized carbons (Fsp3) is 0.133. The van der Waals surface area contributed by atoms with Gasteiger partial charge < -0.3 is 9.72 Å². The van der Waals surface area contributed by atoms with Crippen molar-refractivity contribution < 1.29 is 8.78 Å². The van der Waals surface area contributed by atoms with Gasteiger partial charge in [0.2, 0.25) is 0 Å². The van der Waals surface area contributed by atoms with Gasteiger partial charge in [0.1, 0.15) is 5.65 Å². The maximum Gasteiger partial charge on any atom is 0.288 e. The van der Waals surface area contributed by atoms with Gasteiger partial charge in [-0.05, 0) is 24.3 Å². The topological polar surface area (TPSA) is 29.3 Å². The molecule has 6 heteroatoms. The quantitative estimate of drug-likeness (QED) is 0.714. The van der Waals surface area contributed by atoms with Crippen molar-refractivity contribution in [3.05, 3.63) is 60.6 Å². The molecule has 0 aliphatic rings. The van der Waals surface area contributed by atoms with Crippen molar-refractivity contribution in [3.63, 3.8) is 0 Å². The Kier molecular flexibility index (Phi) is 4.06. The van der Waals surface area contributed by atoms with Gasteiger partial charge in [-0.2, -0.15) is 8.78 Å². The second kappa shape index (κ2) is 6.13. The highest BCUT2D eigenvalue weighted by atomic mass is 32.2. The first-order chi connectivity index (χ1) is 10.2. The molecule has 108 valence electrons. The lowest BCUT2D eigenvalue weighted by atomic mass is 10.3. The van der Waals surface area contributed by atoms with Crippen LogP contribution in [-0.4, -0.2) is 15.1 Å². The van der Waals surface area contributed by atoms with Crippen LogP contribution >= 0.6 is 11.8 Å². The van der Waals surface area contributed by atoms with Crippen LogP contribution in [0.1, 0.15) is 5.69 Å². The maximum absolute atomic E-state index is 12.5. The molecular weight excluding hydrogens is 292 g/mol. The van der Waals surface area contributed by atoms with Crippen molar-refractivity contribution in [3.8, 4) is 0 Å². The number of aromatic nitrogens is 2. The van der Waals surface area contributed by atoms with Crippen LogP contribution in [0, 0.1) is 0 Å². The number of rotatable bonds is 5. The molecule has 0 radical (unpaired) electrons. The molecule has 1 N–H and O–H groups in total. The molecule has 3 nitrogen and oxygen atoms in total. The van der Waals surface area contributed by atoms with Crippen LogP contribution in [0.2, 0.25) is 0 Å². The number of hydrogen-bond donors (Lipinski definition) is 1. The van der Waals surface area contributed by atoms with Gasteiger partial charge in [-0.3, -0.25) is 0 Å². The summed E-state index contributed by atoms with van der Waals surface area (Å²) >= 11 is 0.544. The summed E-state index contributed by atoms with van der Waals surface area (Å²) in [6.45, 7) is 0.489. The Morgan fingerprint density at radius 2 is 1.95 bits per heavy atom. The predicted molar refractivity (Wildman–Crippen MR) is 80.8 cm³/mol. The van der Waals surface area contributed by atoms with Crippen LogP contribution in [0.4, 0.5) is 14.5 Å². The number of hydrogen-bond acceptors (Lipinski definition) is 3. The number of thioether (sulfide) groups is 1. The van der Waals surface area contributed by atoms with Gasteiger partial charge >= 0.3 is 0 Å². The third kappa shape index (κ3) is 3.33. The summed E-state index contributed by atoms with van der Waals surface area (Å²) in [5.74, 6) is -2.43. The van der Waals surface area contributed by atoms with E-state index < -0.39 is 5.76 Å². The number of halogens is 2. The van der Waals surface area contributed by atoms with Crippen molar-refractivity contribution in [2.45, 2.75) is 17.2 Å². The summed E-state index contributed by atoms with van der Waals surface area (Å²) in [7, 11) is 0. The molecule has 0 saturated heterocycles. The van der Waals surface area contributed by atoms with Crippen molar-refractivity contribution in [1.29, 1.82) is 0 Å². The summed E-state index contributed by atoms with van der Waals surface area (Å²) in [4.78, 5) is 5.00. The van der Waals surface area contributed by atoms with Crippen molar-refractivity contribution in [1.82, 2.24) is 9.38 Å². The fourth-order valence-electron chi connectivity index (χ4n) is 2.07. The van der Waals surface area contributed by atoms with E-state index >= 15 is 0 Å². The number of nitrogens with one attached hydrogen (secondary N) is 1. The van der Waals surface area contributed by atoms with Crippen LogP contribution in [-0.2, 0) is 6.54 Å². The van der Waals surface area contributed by atoms with Crippen molar-refractivity contribution in [2.24, 2.45) is 0 Å². The van der Waals surface area contributed by atoms with E-state index in [9.17, 15) is 8.78 Å². The second-order valence-electron chi connectivity index (χ2n) is 4.43. The molecule has 0 saturated carbocycles. The summed E-state index contributed by atoms with van der Waals surface area (Å²) in [6, 6.07) is 12.8. The van der Waals surface area contributed by atoms with Crippen LogP contribution in [0.15, 0.2) is 59.8 Å². The molecule has 0 aliphatic heterocycles. The number of nitrogens with zero attached hydrogens (tertiary/aromatic N) is 2. The van der Waals surface area contributed by atoms with Crippen LogP contribution in [0.25, 0.3) is 5.65 Å². The lowest BCUT2D eigenvalue weighted by molar-refractivity contribution is 0.252. The zero-order valence-corrected chi connectivity index (χ0v) is 11.9. The Morgan fingerprint density at radius 3 is 2.76 bits per heavy atom. The average molecular weight is 305 g/mol. The van der Waals surface area contributed by atoms with Gasteiger partial charge in [0, 0.05) is 23.0 Å². The standard InChI is InChI=1S/C15H13F2N3S/c16-15(17)21-13-6-2-1-5-12(13)18-9-11-10-20-8-4-3-7-14(20)19-11/h1-8,10,15,18H,9H2. The molecule has 0 unspecified atom stereocenters. The molecule has 3 aromatic rings. The molecule has 0 aliphatic carbocycles. The van der Waals surface area contributed by atoms with Gasteiger partial charge in [-0.25, -0.2) is 4.98 Å². The number of alkyl halides is 2. The third-order valence-corrected chi connectivity index (χ3v) is 3.77. The van der Waals surface area contributed by atoms with E-state index in [2.05, 4.69) is 10.3 Å². The zero-order chi connectivity index (χ0) is 14.7. The van der Waals surface area contributed by atoms with Gasteiger partial charge in [0.25, 0.3) is 5.76 Å². The molecular formula is C15H13F2N3S. The number of fused-ring (bicyclic) bond motifs is 1. The number of benzene rings is 1. The average Bonchev–Trinajstić information content (AvgIpc) is 2.88. The summed E-state index contributed by atoms with van der Waals surface area (Å²) in [6.07, 6.45) is 3.84. The Bertz CT molecular complexity index is 709. The molecule has 0 spiro atoms. The van der Waals surface area contributed by atoms with Crippen LogP contribution in [0.5, 0.6) is 0 Å². The minimum atomic E-state index is -2.43. The SMILES string of the molecule is FC(F)Sc1ccccc1NCc1cn2ccccc2n1. The van der Waals surface area contributed by atoms with E-state index in [0.29, 0.717) is 28.9 Å². The molecule has 0 amide bonds. The maximum atomic E-state index is 12.5. The Hall–Kier alpha value is -2.08. The molecule has 0 fully saturated rings. The normalized spacial score (nSPS) is 11.2. The third-order valence-electron chi connectivity index (χ3n) is 2.98. The van der Waals surface area contributed by atoms with Gasteiger partial charge in [-0.1, -0.05) is 30.0 Å². The van der Waals surface area contributed by atoms with E-state index in [-0.39, 0.29) is 0 Å². The smallest absolute Gasteiger partial charge is 0.288 e. The second-order valence-corrected chi connectivity index (χ2v) is 5.46. The summed E-state index contributed by atoms with van der Waals surface area (Å²) in [5.41, 5.74) is 2.42. The summed E-state index contributed by atoms with van der Waals surface area (Å²) < 4.78 is 27.0. The lowest BCUT2D eigenvalue weighted by Crippen LogP contribution is -2.01. The number of imidazole rings is 1. The molecule has 2 heterocycles. The Balaban J connectivity index is 1.75. The van der Waals surface area contributed by atoms with E-state index in [1.165, 1.54) is 0 Å². The largest absolute Gasteiger partial charge is 0.378 e. The first kappa shape index (κ1) is 13.9. The molecule has 1 aromatic carbocycles. The number of anilines is 1. The molecule has 21 heavy (non-hydrogen) atoms. The predicted octanol–water partition coefficient (Wildman–Crippen LogP) is 4.26. The molecule has 0 atom stereocenters. The minimum absolute atomic E-state index is 0.489. The van der Waals surface area contributed by atoms with E-state index in [1.807, 2.05) is 41.1 Å². The number of para-hydroxylation sites is 1.